The maximum absolute atomic E-state index is 13.4. The molecule has 25 heavy (non-hydrogen) atoms. The van der Waals surface area contributed by atoms with Crippen molar-refractivity contribution < 1.29 is 18.3 Å². The van der Waals surface area contributed by atoms with Gasteiger partial charge in [0.1, 0.15) is 24.8 Å². The summed E-state index contributed by atoms with van der Waals surface area (Å²) in [5, 5.41) is 6.12. The first-order chi connectivity index (χ1) is 12.2. The average molecular weight is 349 g/mol. The van der Waals surface area contributed by atoms with E-state index in [0.29, 0.717) is 25.7 Å². The monoisotopic (exact) mass is 349 g/mol. The number of nitrogens with zero attached hydrogens (tertiary/aromatic N) is 1. The average Bonchev–Trinajstić information content (AvgIpc) is 2.62. The van der Waals surface area contributed by atoms with E-state index in [1.165, 1.54) is 6.07 Å². The first-order valence-corrected chi connectivity index (χ1v) is 7.89. The lowest BCUT2D eigenvalue weighted by Gasteiger charge is -2.13. The summed E-state index contributed by atoms with van der Waals surface area (Å²) in [6.45, 7) is 1.68. The molecule has 0 spiro atoms. The van der Waals surface area contributed by atoms with Crippen molar-refractivity contribution in [2.24, 2.45) is 4.99 Å². The van der Waals surface area contributed by atoms with Gasteiger partial charge in [0.15, 0.2) is 17.5 Å². The van der Waals surface area contributed by atoms with Crippen LogP contribution < -0.4 is 20.1 Å². The number of ether oxygens (including phenoxy) is 2. The third kappa shape index (κ3) is 6.66. The van der Waals surface area contributed by atoms with Crippen LogP contribution in [-0.2, 0) is 0 Å². The van der Waals surface area contributed by atoms with Crippen LogP contribution in [-0.4, -0.2) is 39.3 Å². The lowest BCUT2D eigenvalue weighted by atomic mass is 10.3. The molecule has 2 N–H and O–H groups in total. The lowest BCUT2D eigenvalue weighted by Crippen LogP contribution is -2.41. The second kappa shape index (κ2) is 10.1. The first-order valence-electron chi connectivity index (χ1n) is 7.89. The van der Waals surface area contributed by atoms with Gasteiger partial charge in [-0.3, -0.25) is 4.99 Å². The van der Waals surface area contributed by atoms with E-state index in [-0.39, 0.29) is 12.4 Å². The van der Waals surface area contributed by atoms with Gasteiger partial charge in [0.25, 0.3) is 0 Å². The molecular formula is C18H21F2N3O2. The molecule has 134 valence electrons. The van der Waals surface area contributed by atoms with Gasteiger partial charge in [0.2, 0.25) is 0 Å². The summed E-state index contributed by atoms with van der Waals surface area (Å²) in [4.78, 5) is 4.07. The van der Waals surface area contributed by atoms with Gasteiger partial charge in [-0.25, -0.2) is 8.78 Å². The SMILES string of the molecule is CN=C(NCCOc1ccccc1)NCCOc1ccc(F)cc1F. The second-order valence-corrected chi connectivity index (χ2v) is 5.01. The molecule has 0 fully saturated rings. The fourth-order valence-corrected chi connectivity index (χ4v) is 2.00. The molecule has 0 aliphatic heterocycles. The number of guanidine groups is 1. The van der Waals surface area contributed by atoms with Crippen LogP contribution in [0.15, 0.2) is 53.5 Å². The minimum absolute atomic E-state index is 0.0161. The van der Waals surface area contributed by atoms with Crippen molar-refractivity contribution >= 4 is 5.96 Å². The van der Waals surface area contributed by atoms with Gasteiger partial charge < -0.3 is 20.1 Å². The highest BCUT2D eigenvalue weighted by atomic mass is 19.1. The summed E-state index contributed by atoms with van der Waals surface area (Å²) >= 11 is 0. The van der Waals surface area contributed by atoms with Crippen LogP contribution in [0.4, 0.5) is 8.78 Å². The Morgan fingerprint density at radius 1 is 0.960 bits per heavy atom. The molecule has 7 heteroatoms. The van der Waals surface area contributed by atoms with Gasteiger partial charge in [-0.15, -0.1) is 0 Å². The van der Waals surface area contributed by atoms with E-state index in [4.69, 9.17) is 9.47 Å². The van der Waals surface area contributed by atoms with Crippen LogP contribution in [0, 0.1) is 11.6 Å². The van der Waals surface area contributed by atoms with E-state index in [1.807, 2.05) is 30.3 Å². The third-order valence-corrected chi connectivity index (χ3v) is 3.18. The molecule has 0 atom stereocenters. The Morgan fingerprint density at radius 2 is 1.64 bits per heavy atom. The zero-order valence-corrected chi connectivity index (χ0v) is 14.0. The molecule has 0 aromatic heterocycles. The molecule has 2 rings (SSSR count). The Morgan fingerprint density at radius 3 is 2.28 bits per heavy atom. The van der Waals surface area contributed by atoms with Gasteiger partial charge in [0, 0.05) is 13.1 Å². The van der Waals surface area contributed by atoms with Crippen molar-refractivity contribution in [3.8, 4) is 11.5 Å². The molecule has 2 aromatic rings. The molecule has 0 radical (unpaired) electrons. The summed E-state index contributed by atoms with van der Waals surface area (Å²) in [5.41, 5.74) is 0. The molecule has 0 saturated heterocycles. The summed E-state index contributed by atoms with van der Waals surface area (Å²) in [6, 6.07) is 12.7. The maximum atomic E-state index is 13.4. The van der Waals surface area contributed by atoms with E-state index in [0.717, 1.165) is 17.9 Å². The molecule has 0 amide bonds. The summed E-state index contributed by atoms with van der Waals surface area (Å²) in [6.07, 6.45) is 0. The molecule has 0 bridgehead atoms. The van der Waals surface area contributed by atoms with Crippen LogP contribution in [0.2, 0.25) is 0 Å². The number of aliphatic imine (C=N–C) groups is 1. The van der Waals surface area contributed by atoms with Crippen LogP contribution >= 0.6 is 0 Å². The standard InChI is InChI=1S/C18H21F2N3O2/c1-21-18(22-9-11-24-15-5-3-2-4-6-15)23-10-12-25-17-8-7-14(19)13-16(17)20/h2-8,13H,9-12H2,1H3,(H2,21,22,23). The molecule has 0 unspecified atom stereocenters. The van der Waals surface area contributed by atoms with Crippen LogP contribution in [0.5, 0.6) is 11.5 Å². The molecule has 2 aromatic carbocycles. The van der Waals surface area contributed by atoms with E-state index < -0.39 is 11.6 Å². The predicted octanol–water partition coefficient (Wildman–Crippen LogP) is 2.59. The molecule has 0 aliphatic rings. The predicted molar refractivity (Wildman–Crippen MR) is 93.2 cm³/mol. The van der Waals surface area contributed by atoms with Gasteiger partial charge in [-0.2, -0.15) is 0 Å². The Balaban J connectivity index is 1.61. The highest BCUT2D eigenvalue weighted by Crippen LogP contribution is 2.17. The summed E-state index contributed by atoms with van der Waals surface area (Å²) < 4.78 is 37.0. The summed E-state index contributed by atoms with van der Waals surface area (Å²) in [7, 11) is 1.65. The highest BCUT2D eigenvalue weighted by molar-refractivity contribution is 5.79. The van der Waals surface area contributed by atoms with Gasteiger partial charge in [-0.1, -0.05) is 18.2 Å². The number of nitrogens with one attached hydrogen (secondary N) is 2. The Kier molecular flexibility index (Phi) is 7.49. The van der Waals surface area contributed by atoms with Crippen molar-refractivity contribution in [1.82, 2.24) is 10.6 Å². The van der Waals surface area contributed by atoms with Gasteiger partial charge >= 0.3 is 0 Å². The van der Waals surface area contributed by atoms with Crippen LogP contribution in [0.25, 0.3) is 0 Å². The van der Waals surface area contributed by atoms with Crippen molar-refractivity contribution in [1.29, 1.82) is 0 Å². The highest BCUT2D eigenvalue weighted by Gasteiger charge is 2.04. The smallest absolute Gasteiger partial charge is 0.191 e. The Labute approximate surface area is 145 Å². The quantitative estimate of drug-likeness (QED) is 0.437. The van der Waals surface area contributed by atoms with Crippen molar-refractivity contribution in [2.45, 2.75) is 0 Å². The first kappa shape index (κ1) is 18.5. The van der Waals surface area contributed by atoms with Crippen molar-refractivity contribution in [3.05, 3.63) is 60.2 Å². The lowest BCUT2D eigenvalue weighted by molar-refractivity contribution is 0.303. The minimum Gasteiger partial charge on any atom is -0.492 e. The minimum atomic E-state index is -0.722. The molecule has 0 aliphatic carbocycles. The summed E-state index contributed by atoms with van der Waals surface area (Å²) in [5.74, 6) is 0.0510. The number of hydrogen-bond donors (Lipinski definition) is 2. The number of hydrogen-bond acceptors (Lipinski definition) is 3. The molecule has 0 heterocycles. The fourth-order valence-electron chi connectivity index (χ4n) is 2.00. The van der Waals surface area contributed by atoms with Crippen LogP contribution in [0.3, 0.4) is 0 Å². The second-order valence-electron chi connectivity index (χ2n) is 5.01. The Bertz CT molecular complexity index is 681. The number of rotatable bonds is 8. The van der Waals surface area contributed by atoms with Crippen LogP contribution in [0.1, 0.15) is 0 Å². The molecule has 5 nitrogen and oxygen atoms in total. The number of benzene rings is 2. The zero-order chi connectivity index (χ0) is 17.9. The van der Waals surface area contributed by atoms with E-state index in [9.17, 15) is 8.78 Å². The van der Waals surface area contributed by atoms with E-state index in [1.54, 1.807) is 7.05 Å². The normalized spacial score (nSPS) is 11.1. The van der Waals surface area contributed by atoms with E-state index >= 15 is 0 Å². The molecule has 0 saturated carbocycles. The number of halogens is 2. The van der Waals surface area contributed by atoms with Gasteiger partial charge in [-0.05, 0) is 24.3 Å². The largest absolute Gasteiger partial charge is 0.492 e. The third-order valence-electron chi connectivity index (χ3n) is 3.18. The van der Waals surface area contributed by atoms with Gasteiger partial charge in [0.05, 0.1) is 13.1 Å². The van der Waals surface area contributed by atoms with Crippen molar-refractivity contribution in [2.75, 3.05) is 33.4 Å². The molecular weight excluding hydrogens is 328 g/mol. The van der Waals surface area contributed by atoms with E-state index in [2.05, 4.69) is 15.6 Å². The topological polar surface area (TPSA) is 54.9 Å². The van der Waals surface area contributed by atoms with Crippen molar-refractivity contribution in [3.63, 3.8) is 0 Å². The number of para-hydroxylation sites is 1. The zero-order valence-electron chi connectivity index (χ0n) is 14.0. The fraction of sp³-hybridized carbons (Fsp3) is 0.278. The maximum Gasteiger partial charge on any atom is 0.191 e. The Hall–Kier alpha value is -2.83.